The molecule has 0 aliphatic carbocycles. The first-order valence-electron chi connectivity index (χ1n) is 10.8. The van der Waals surface area contributed by atoms with Gasteiger partial charge in [0.1, 0.15) is 30.3 Å². The Morgan fingerprint density at radius 2 is 2.00 bits per heavy atom. The number of amides is 2. The second-order valence-electron chi connectivity index (χ2n) is 8.41. The largest absolute Gasteiger partial charge is 0.350 e. The fourth-order valence-electron chi connectivity index (χ4n) is 4.19. The third-order valence-electron chi connectivity index (χ3n) is 5.88. The number of rotatable bonds is 6. The van der Waals surface area contributed by atoms with Gasteiger partial charge in [-0.05, 0) is 25.1 Å². The summed E-state index contributed by atoms with van der Waals surface area (Å²) in [6.45, 7) is 2.64. The van der Waals surface area contributed by atoms with Crippen LogP contribution in [0.4, 0.5) is 8.78 Å². The molecule has 3 aromatic rings. The lowest BCUT2D eigenvalue weighted by atomic mass is 10.1. The molecule has 10 heteroatoms. The van der Waals surface area contributed by atoms with Crippen LogP contribution in [0.15, 0.2) is 36.4 Å². The average molecular weight is 489 g/mol. The van der Waals surface area contributed by atoms with E-state index in [0.29, 0.717) is 10.9 Å². The predicted octanol–water partition coefficient (Wildman–Crippen LogP) is 3.60. The monoisotopic (exact) mass is 488 g/mol. The minimum Gasteiger partial charge on any atom is -0.350 e. The van der Waals surface area contributed by atoms with Crippen molar-refractivity contribution in [3.8, 4) is 0 Å². The van der Waals surface area contributed by atoms with E-state index >= 15 is 0 Å². The zero-order valence-corrected chi connectivity index (χ0v) is 19.4. The van der Waals surface area contributed by atoms with Crippen LogP contribution in [0.2, 0.25) is 5.02 Å². The van der Waals surface area contributed by atoms with Crippen molar-refractivity contribution in [2.24, 2.45) is 0 Å². The fraction of sp³-hybridized carbons (Fsp3) is 0.333. The molecule has 178 valence electrons. The molecule has 0 saturated carbocycles. The molecule has 2 heterocycles. The van der Waals surface area contributed by atoms with Crippen molar-refractivity contribution in [1.29, 1.82) is 0 Å². The molecule has 1 fully saturated rings. The summed E-state index contributed by atoms with van der Waals surface area (Å²) >= 11 is 5.77. The summed E-state index contributed by atoms with van der Waals surface area (Å²) in [5.74, 6) is -1.97. The fourth-order valence-corrected chi connectivity index (χ4v) is 4.38. The molecule has 1 aliphatic rings. The SMILES string of the molecule is CC(=O)c1nn(CC(=O)N2C[C@H](F)C[C@H]2C(=O)NCc2cccc(Cl)c2F)c2ccc(C)cc12. The maximum atomic E-state index is 14.3. The molecular weight excluding hydrogens is 466 g/mol. The summed E-state index contributed by atoms with van der Waals surface area (Å²) in [5.41, 5.74) is 1.96. The standard InChI is InChI=1S/C24H23ClF2N4O3/c1-13-6-7-19-17(8-13)23(14(2)32)29-31(19)12-21(33)30-11-16(26)9-20(30)24(34)28-10-15-4-3-5-18(25)22(15)27/h3-8,16,20H,9-12H2,1-2H3,(H,28,34)/t16-,20+/m1/s1. The van der Waals surface area contributed by atoms with E-state index in [4.69, 9.17) is 11.6 Å². The number of ketones is 1. The van der Waals surface area contributed by atoms with Crippen molar-refractivity contribution in [1.82, 2.24) is 20.0 Å². The lowest BCUT2D eigenvalue weighted by Crippen LogP contribution is -2.46. The van der Waals surface area contributed by atoms with Crippen LogP contribution in [0.5, 0.6) is 0 Å². The molecule has 7 nitrogen and oxygen atoms in total. The molecular formula is C24H23ClF2N4O3. The smallest absolute Gasteiger partial charge is 0.245 e. The van der Waals surface area contributed by atoms with E-state index in [1.807, 2.05) is 19.1 Å². The molecule has 1 saturated heterocycles. The Morgan fingerprint density at radius 1 is 1.24 bits per heavy atom. The Hall–Kier alpha value is -3.33. The number of Topliss-reactive ketones (excluding diaryl/α,β-unsaturated/α-hetero) is 1. The number of hydrogen-bond donors (Lipinski definition) is 1. The highest BCUT2D eigenvalue weighted by atomic mass is 35.5. The normalized spacial score (nSPS) is 17.9. The van der Waals surface area contributed by atoms with Crippen molar-refractivity contribution < 1.29 is 23.2 Å². The molecule has 4 rings (SSSR count). The van der Waals surface area contributed by atoms with Gasteiger partial charge in [-0.25, -0.2) is 8.78 Å². The van der Waals surface area contributed by atoms with Crippen LogP contribution in [0.25, 0.3) is 10.9 Å². The molecule has 1 N–H and O–H groups in total. The number of aromatic nitrogens is 2. The third-order valence-corrected chi connectivity index (χ3v) is 6.17. The van der Waals surface area contributed by atoms with E-state index in [-0.39, 0.29) is 48.1 Å². The first-order valence-corrected chi connectivity index (χ1v) is 11.2. The first kappa shape index (κ1) is 23.8. The van der Waals surface area contributed by atoms with Crippen LogP contribution < -0.4 is 5.32 Å². The predicted molar refractivity (Wildman–Crippen MR) is 123 cm³/mol. The highest BCUT2D eigenvalue weighted by molar-refractivity contribution is 6.30. The number of hydrogen-bond acceptors (Lipinski definition) is 4. The van der Waals surface area contributed by atoms with Crippen molar-refractivity contribution in [3.05, 3.63) is 64.1 Å². The molecule has 34 heavy (non-hydrogen) atoms. The Bertz CT molecular complexity index is 1290. The van der Waals surface area contributed by atoms with E-state index in [1.165, 1.54) is 28.6 Å². The number of halogens is 3. The van der Waals surface area contributed by atoms with E-state index < -0.39 is 29.8 Å². The van der Waals surface area contributed by atoms with Gasteiger partial charge in [0.05, 0.1) is 17.1 Å². The number of benzene rings is 2. The van der Waals surface area contributed by atoms with Gasteiger partial charge in [0, 0.05) is 30.8 Å². The Balaban J connectivity index is 1.51. The quantitative estimate of drug-likeness (QED) is 0.537. The number of alkyl halides is 1. The van der Waals surface area contributed by atoms with Crippen LogP contribution in [0.1, 0.15) is 35.0 Å². The number of fused-ring (bicyclic) bond motifs is 1. The van der Waals surface area contributed by atoms with Crippen LogP contribution in [0, 0.1) is 12.7 Å². The first-order chi connectivity index (χ1) is 16.2. The molecule has 0 unspecified atom stereocenters. The van der Waals surface area contributed by atoms with Gasteiger partial charge in [-0.15, -0.1) is 0 Å². The van der Waals surface area contributed by atoms with Gasteiger partial charge in [-0.2, -0.15) is 5.10 Å². The van der Waals surface area contributed by atoms with Crippen LogP contribution >= 0.6 is 11.6 Å². The van der Waals surface area contributed by atoms with Gasteiger partial charge in [-0.3, -0.25) is 19.1 Å². The Kier molecular flexibility index (Phi) is 6.65. The number of carbonyl (C=O) groups excluding carboxylic acids is 3. The molecule has 1 aliphatic heterocycles. The molecule has 2 atom stereocenters. The van der Waals surface area contributed by atoms with Crippen molar-refractivity contribution in [3.63, 3.8) is 0 Å². The summed E-state index contributed by atoms with van der Waals surface area (Å²) in [5, 5.41) is 7.42. The van der Waals surface area contributed by atoms with Gasteiger partial charge in [-0.1, -0.05) is 35.4 Å². The number of likely N-dealkylation sites (tertiary alicyclic amines) is 1. The van der Waals surface area contributed by atoms with Crippen molar-refractivity contribution in [2.75, 3.05) is 6.54 Å². The van der Waals surface area contributed by atoms with E-state index in [0.717, 1.165) is 5.56 Å². The minimum absolute atomic E-state index is 0.0696. The third kappa shape index (κ3) is 4.65. The lowest BCUT2D eigenvalue weighted by Gasteiger charge is -2.24. The highest BCUT2D eigenvalue weighted by Crippen LogP contribution is 2.24. The zero-order valence-electron chi connectivity index (χ0n) is 18.6. The molecule has 1 aromatic heterocycles. The topological polar surface area (TPSA) is 84.3 Å². The average Bonchev–Trinajstić information content (AvgIpc) is 3.35. The summed E-state index contributed by atoms with van der Waals surface area (Å²) in [7, 11) is 0. The summed E-state index contributed by atoms with van der Waals surface area (Å²) in [6.07, 6.45) is -1.53. The maximum Gasteiger partial charge on any atom is 0.245 e. The molecule has 2 amide bonds. The van der Waals surface area contributed by atoms with E-state index in [1.54, 1.807) is 12.1 Å². The van der Waals surface area contributed by atoms with Gasteiger partial charge >= 0.3 is 0 Å². The van der Waals surface area contributed by atoms with Crippen molar-refractivity contribution >= 4 is 40.1 Å². The van der Waals surface area contributed by atoms with Crippen LogP contribution in [0.3, 0.4) is 0 Å². The van der Waals surface area contributed by atoms with Crippen LogP contribution in [-0.2, 0) is 22.7 Å². The molecule has 2 aromatic carbocycles. The summed E-state index contributed by atoms with van der Waals surface area (Å²) < 4.78 is 29.8. The summed E-state index contributed by atoms with van der Waals surface area (Å²) in [6, 6.07) is 8.82. The Labute approximate surface area is 199 Å². The maximum absolute atomic E-state index is 14.3. The molecule has 0 spiro atoms. The summed E-state index contributed by atoms with van der Waals surface area (Å²) in [4.78, 5) is 39.1. The zero-order chi connectivity index (χ0) is 24.6. The number of nitrogens with zero attached hydrogens (tertiary/aromatic N) is 3. The molecule has 0 radical (unpaired) electrons. The van der Waals surface area contributed by atoms with Crippen molar-refractivity contribution in [2.45, 2.75) is 45.6 Å². The lowest BCUT2D eigenvalue weighted by molar-refractivity contribution is -0.139. The second-order valence-corrected chi connectivity index (χ2v) is 8.82. The van der Waals surface area contributed by atoms with Gasteiger partial charge in [0.2, 0.25) is 11.8 Å². The van der Waals surface area contributed by atoms with Gasteiger partial charge in [0.25, 0.3) is 0 Å². The van der Waals surface area contributed by atoms with Gasteiger partial charge < -0.3 is 10.2 Å². The van der Waals surface area contributed by atoms with E-state index in [9.17, 15) is 23.2 Å². The number of nitrogens with one attached hydrogen (secondary N) is 1. The Morgan fingerprint density at radius 3 is 2.74 bits per heavy atom. The minimum atomic E-state index is -1.37. The highest BCUT2D eigenvalue weighted by Gasteiger charge is 2.40. The second kappa shape index (κ2) is 9.50. The van der Waals surface area contributed by atoms with E-state index in [2.05, 4.69) is 10.4 Å². The van der Waals surface area contributed by atoms with Gasteiger partial charge in [0.15, 0.2) is 5.78 Å². The number of carbonyl (C=O) groups is 3. The number of aryl methyl sites for hydroxylation is 1. The molecule has 0 bridgehead atoms. The van der Waals surface area contributed by atoms with Crippen LogP contribution in [-0.4, -0.2) is 51.0 Å².